The maximum atomic E-state index is 10.8. The van der Waals surface area contributed by atoms with E-state index in [1.807, 2.05) is 13.8 Å². The Kier molecular flexibility index (Phi) is 4.69. The summed E-state index contributed by atoms with van der Waals surface area (Å²) >= 11 is 5.95. The molecule has 1 aromatic rings. The van der Waals surface area contributed by atoms with Gasteiger partial charge in [-0.05, 0) is 12.8 Å². The minimum Gasteiger partial charge on any atom is -0.481 e. The number of carboxylic acid groups (broad SMARTS) is 1. The first-order chi connectivity index (χ1) is 7.90. The molecule has 0 bridgehead atoms. The van der Waals surface area contributed by atoms with Crippen LogP contribution in [0.2, 0.25) is 5.02 Å². The number of aromatic nitrogens is 2. The number of nitrogens with zero attached hydrogens (tertiary/aromatic N) is 2. The van der Waals surface area contributed by atoms with Gasteiger partial charge >= 0.3 is 5.97 Å². The summed E-state index contributed by atoms with van der Waals surface area (Å²) in [6.07, 6.45) is 1.53. The smallest absolute Gasteiger partial charge is 0.305 e. The molecule has 1 rings (SSSR count). The second-order valence-electron chi connectivity index (χ2n) is 4.21. The van der Waals surface area contributed by atoms with Crippen molar-refractivity contribution in [3.63, 3.8) is 0 Å². The van der Waals surface area contributed by atoms with E-state index in [1.165, 1.54) is 6.20 Å². The van der Waals surface area contributed by atoms with Crippen LogP contribution in [0.25, 0.3) is 0 Å². The van der Waals surface area contributed by atoms with Crippen LogP contribution in [0.1, 0.15) is 26.1 Å². The largest absolute Gasteiger partial charge is 0.481 e. The highest BCUT2D eigenvalue weighted by molar-refractivity contribution is 6.32. The third-order valence-corrected chi connectivity index (χ3v) is 2.66. The van der Waals surface area contributed by atoms with Crippen LogP contribution < -0.4 is 5.32 Å². The van der Waals surface area contributed by atoms with Gasteiger partial charge in [0, 0.05) is 6.04 Å². The van der Waals surface area contributed by atoms with Crippen LogP contribution in [0.5, 0.6) is 0 Å². The third-order valence-electron chi connectivity index (χ3n) is 2.39. The van der Waals surface area contributed by atoms with Crippen LogP contribution in [0, 0.1) is 12.8 Å². The molecule has 0 aliphatic rings. The molecular formula is C11H16ClN3O2. The van der Waals surface area contributed by atoms with Gasteiger partial charge < -0.3 is 10.4 Å². The minimum absolute atomic E-state index is 0.0248. The zero-order chi connectivity index (χ0) is 13.0. The number of anilines is 1. The topological polar surface area (TPSA) is 75.1 Å². The van der Waals surface area contributed by atoms with Crippen LogP contribution >= 0.6 is 11.6 Å². The summed E-state index contributed by atoms with van der Waals surface area (Å²) in [7, 11) is 0. The SMILES string of the molecule is Cc1ncc(Cl)c(NC(CC(=O)O)C(C)C)n1. The Labute approximate surface area is 105 Å². The van der Waals surface area contributed by atoms with Crippen molar-refractivity contribution < 1.29 is 9.90 Å². The number of nitrogens with one attached hydrogen (secondary N) is 1. The van der Waals surface area contributed by atoms with Crippen molar-refractivity contribution in [1.82, 2.24) is 9.97 Å². The number of halogens is 1. The van der Waals surface area contributed by atoms with Gasteiger partial charge in [0.1, 0.15) is 16.7 Å². The Balaban J connectivity index is 2.85. The standard InChI is InChI=1S/C11H16ClN3O2/c1-6(2)9(4-10(16)17)15-11-8(12)5-13-7(3)14-11/h5-6,9H,4H2,1-3H3,(H,16,17)(H,13,14,15). The summed E-state index contributed by atoms with van der Waals surface area (Å²) in [4.78, 5) is 18.9. The molecule has 0 spiro atoms. The molecule has 0 radical (unpaired) electrons. The fourth-order valence-electron chi connectivity index (χ4n) is 1.37. The van der Waals surface area contributed by atoms with Crippen molar-refractivity contribution >= 4 is 23.4 Å². The quantitative estimate of drug-likeness (QED) is 0.847. The van der Waals surface area contributed by atoms with E-state index >= 15 is 0 Å². The summed E-state index contributed by atoms with van der Waals surface area (Å²) < 4.78 is 0. The molecule has 1 unspecified atom stereocenters. The second kappa shape index (κ2) is 5.82. The van der Waals surface area contributed by atoms with Gasteiger partial charge in [-0.2, -0.15) is 0 Å². The van der Waals surface area contributed by atoms with Crippen molar-refractivity contribution in [1.29, 1.82) is 0 Å². The molecule has 0 saturated carbocycles. The van der Waals surface area contributed by atoms with E-state index in [9.17, 15) is 4.79 Å². The lowest BCUT2D eigenvalue weighted by Crippen LogP contribution is -2.29. The van der Waals surface area contributed by atoms with E-state index < -0.39 is 5.97 Å². The highest BCUT2D eigenvalue weighted by atomic mass is 35.5. The molecule has 0 aliphatic carbocycles. The van der Waals surface area contributed by atoms with E-state index in [4.69, 9.17) is 16.7 Å². The molecule has 5 nitrogen and oxygen atoms in total. The van der Waals surface area contributed by atoms with Crippen molar-refractivity contribution in [2.45, 2.75) is 33.2 Å². The van der Waals surface area contributed by atoms with Gasteiger partial charge in [0.05, 0.1) is 12.6 Å². The summed E-state index contributed by atoms with van der Waals surface area (Å²) in [6, 6.07) is -0.209. The molecule has 1 aromatic heterocycles. The summed E-state index contributed by atoms with van der Waals surface area (Å²) in [5.74, 6) is 0.393. The van der Waals surface area contributed by atoms with E-state index in [-0.39, 0.29) is 18.4 Å². The van der Waals surface area contributed by atoms with Gasteiger partial charge in [-0.15, -0.1) is 0 Å². The highest BCUT2D eigenvalue weighted by Crippen LogP contribution is 2.21. The normalized spacial score (nSPS) is 12.5. The molecular weight excluding hydrogens is 242 g/mol. The Hall–Kier alpha value is -1.36. The number of aryl methyl sites for hydroxylation is 1. The van der Waals surface area contributed by atoms with Gasteiger partial charge in [0.25, 0.3) is 0 Å². The fraction of sp³-hybridized carbons (Fsp3) is 0.545. The first kappa shape index (κ1) is 13.7. The van der Waals surface area contributed by atoms with Crippen LogP contribution in [0.4, 0.5) is 5.82 Å². The van der Waals surface area contributed by atoms with Gasteiger partial charge in [0.15, 0.2) is 0 Å². The predicted molar refractivity (Wildman–Crippen MR) is 66.3 cm³/mol. The minimum atomic E-state index is -0.849. The fourth-order valence-corrected chi connectivity index (χ4v) is 1.52. The average Bonchev–Trinajstić information content (AvgIpc) is 2.21. The number of carbonyl (C=O) groups is 1. The van der Waals surface area contributed by atoms with Crippen molar-refractivity contribution in [3.8, 4) is 0 Å². The van der Waals surface area contributed by atoms with Crippen LogP contribution in [-0.2, 0) is 4.79 Å². The Morgan fingerprint density at radius 2 is 2.24 bits per heavy atom. The second-order valence-corrected chi connectivity index (χ2v) is 4.61. The molecule has 2 N–H and O–H groups in total. The Bertz CT molecular complexity index is 410. The van der Waals surface area contributed by atoms with Gasteiger partial charge in [0.2, 0.25) is 0 Å². The molecule has 94 valence electrons. The molecule has 1 atom stereocenters. The molecule has 1 heterocycles. The number of hydrogen-bond donors (Lipinski definition) is 2. The van der Waals surface area contributed by atoms with Gasteiger partial charge in [-0.1, -0.05) is 25.4 Å². The maximum Gasteiger partial charge on any atom is 0.305 e. The highest BCUT2D eigenvalue weighted by Gasteiger charge is 2.18. The van der Waals surface area contributed by atoms with Crippen LogP contribution in [0.15, 0.2) is 6.20 Å². The lowest BCUT2D eigenvalue weighted by Gasteiger charge is -2.21. The average molecular weight is 258 g/mol. The predicted octanol–water partition coefficient (Wildman–Crippen LogP) is 2.35. The lowest BCUT2D eigenvalue weighted by molar-refractivity contribution is -0.137. The summed E-state index contributed by atoms with van der Waals surface area (Å²) in [6.45, 7) is 5.65. The molecule has 6 heteroatoms. The number of aliphatic carboxylic acids is 1. The maximum absolute atomic E-state index is 10.8. The van der Waals surface area contributed by atoms with Gasteiger partial charge in [-0.25, -0.2) is 9.97 Å². The zero-order valence-electron chi connectivity index (χ0n) is 10.1. The lowest BCUT2D eigenvalue weighted by atomic mass is 10.0. The molecule has 0 saturated heterocycles. The zero-order valence-corrected chi connectivity index (χ0v) is 10.8. The van der Waals surface area contributed by atoms with E-state index in [0.717, 1.165) is 0 Å². The molecule has 0 aliphatic heterocycles. The van der Waals surface area contributed by atoms with Crippen molar-refractivity contribution in [2.24, 2.45) is 5.92 Å². The first-order valence-corrected chi connectivity index (χ1v) is 5.75. The van der Waals surface area contributed by atoms with Crippen molar-refractivity contribution in [2.75, 3.05) is 5.32 Å². The number of carboxylic acids is 1. The summed E-state index contributed by atoms with van der Waals surface area (Å²) in [5.41, 5.74) is 0. The Morgan fingerprint density at radius 3 is 2.76 bits per heavy atom. The van der Waals surface area contributed by atoms with E-state index in [2.05, 4.69) is 15.3 Å². The summed E-state index contributed by atoms with van der Waals surface area (Å²) in [5, 5.41) is 12.3. The third kappa shape index (κ3) is 4.19. The van der Waals surface area contributed by atoms with Crippen molar-refractivity contribution in [3.05, 3.63) is 17.0 Å². The molecule has 0 aromatic carbocycles. The van der Waals surface area contributed by atoms with E-state index in [0.29, 0.717) is 16.7 Å². The van der Waals surface area contributed by atoms with Gasteiger partial charge in [-0.3, -0.25) is 4.79 Å². The first-order valence-electron chi connectivity index (χ1n) is 5.37. The monoisotopic (exact) mass is 257 g/mol. The Morgan fingerprint density at radius 1 is 1.59 bits per heavy atom. The van der Waals surface area contributed by atoms with E-state index in [1.54, 1.807) is 6.92 Å². The number of rotatable bonds is 5. The molecule has 0 fully saturated rings. The molecule has 0 amide bonds. The molecule has 17 heavy (non-hydrogen) atoms. The number of hydrogen-bond acceptors (Lipinski definition) is 4. The van der Waals surface area contributed by atoms with Crippen LogP contribution in [-0.4, -0.2) is 27.1 Å². The van der Waals surface area contributed by atoms with Crippen LogP contribution in [0.3, 0.4) is 0 Å².